The second kappa shape index (κ2) is 4.63. The van der Waals surface area contributed by atoms with E-state index in [9.17, 15) is 5.11 Å². The molecule has 1 heterocycles. The van der Waals surface area contributed by atoms with Crippen molar-refractivity contribution in [2.24, 2.45) is 0 Å². The summed E-state index contributed by atoms with van der Waals surface area (Å²) >= 11 is 0. The number of aliphatic hydroxyl groups excluding tert-OH is 1. The van der Waals surface area contributed by atoms with E-state index in [0.717, 1.165) is 0 Å². The Morgan fingerprint density at radius 3 is 3.08 bits per heavy atom. The van der Waals surface area contributed by atoms with Gasteiger partial charge in [-0.25, -0.2) is 0 Å². The minimum absolute atomic E-state index is 0.513. The first-order valence-electron chi connectivity index (χ1n) is 3.95. The average Bonchev–Trinajstić information content (AvgIpc) is 2.56. The fourth-order valence-corrected chi connectivity index (χ4v) is 0.957. The van der Waals surface area contributed by atoms with Gasteiger partial charge in [-0.3, -0.25) is 0 Å². The van der Waals surface area contributed by atoms with Crippen LogP contribution in [0.3, 0.4) is 0 Å². The summed E-state index contributed by atoms with van der Waals surface area (Å²) in [6, 6.07) is 3.54. The van der Waals surface area contributed by atoms with Crippen LogP contribution in [-0.4, -0.2) is 5.11 Å². The molecule has 1 unspecified atom stereocenters. The van der Waals surface area contributed by atoms with Crippen molar-refractivity contribution in [3.05, 3.63) is 24.2 Å². The average molecular weight is 164 g/mol. The first kappa shape index (κ1) is 8.89. The molecule has 1 N–H and O–H groups in total. The van der Waals surface area contributed by atoms with Gasteiger partial charge < -0.3 is 9.52 Å². The summed E-state index contributed by atoms with van der Waals surface area (Å²) in [4.78, 5) is 0. The van der Waals surface area contributed by atoms with E-state index in [1.807, 2.05) is 0 Å². The molecule has 1 rings (SSSR count). The van der Waals surface area contributed by atoms with Gasteiger partial charge in [-0.15, -0.1) is 11.8 Å². The Kier molecular flexibility index (Phi) is 3.43. The van der Waals surface area contributed by atoms with Crippen molar-refractivity contribution in [3.63, 3.8) is 0 Å². The third-order valence-electron chi connectivity index (χ3n) is 1.59. The fraction of sp³-hybridized carbons (Fsp3) is 0.400. The minimum atomic E-state index is -0.513. The molecule has 1 aromatic heterocycles. The number of aliphatic hydroxyl groups is 1. The van der Waals surface area contributed by atoms with Gasteiger partial charge in [0.1, 0.15) is 11.9 Å². The molecule has 0 fully saturated rings. The number of furan rings is 1. The van der Waals surface area contributed by atoms with Gasteiger partial charge in [0.05, 0.1) is 6.26 Å². The molecule has 0 spiro atoms. The van der Waals surface area contributed by atoms with Crippen molar-refractivity contribution in [2.75, 3.05) is 0 Å². The van der Waals surface area contributed by atoms with Crippen LogP contribution in [-0.2, 0) is 0 Å². The number of rotatable bonds is 3. The van der Waals surface area contributed by atoms with E-state index < -0.39 is 6.10 Å². The van der Waals surface area contributed by atoms with Gasteiger partial charge in [-0.1, -0.05) is 0 Å². The molecule has 0 bridgehead atoms. The van der Waals surface area contributed by atoms with Gasteiger partial charge in [0, 0.05) is 6.42 Å². The molecule has 0 aliphatic rings. The molecular weight excluding hydrogens is 152 g/mol. The van der Waals surface area contributed by atoms with Gasteiger partial charge in [0.2, 0.25) is 0 Å². The Labute approximate surface area is 72.2 Å². The summed E-state index contributed by atoms with van der Waals surface area (Å²) in [6.45, 7) is 1.79. The van der Waals surface area contributed by atoms with Gasteiger partial charge in [-0.2, -0.15) is 0 Å². The van der Waals surface area contributed by atoms with Crippen LogP contribution < -0.4 is 0 Å². The Morgan fingerprint density at radius 2 is 2.50 bits per heavy atom. The maximum absolute atomic E-state index is 9.47. The highest BCUT2D eigenvalue weighted by Gasteiger charge is 2.07. The van der Waals surface area contributed by atoms with Gasteiger partial charge in [0.25, 0.3) is 0 Å². The Bertz CT molecular complexity index is 264. The highest BCUT2D eigenvalue weighted by atomic mass is 16.4. The van der Waals surface area contributed by atoms with Crippen molar-refractivity contribution in [1.29, 1.82) is 0 Å². The fourth-order valence-electron chi connectivity index (χ4n) is 0.957. The number of hydrogen-bond acceptors (Lipinski definition) is 2. The minimum Gasteiger partial charge on any atom is -0.467 e. The Balaban J connectivity index is 2.37. The molecule has 1 aromatic rings. The molecule has 0 aliphatic heterocycles. The maximum Gasteiger partial charge on any atom is 0.132 e. The van der Waals surface area contributed by atoms with Crippen LogP contribution in [0.15, 0.2) is 22.8 Å². The third kappa shape index (κ3) is 2.44. The van der Waals surface area contributed by atoms with E-state index >= 15 is 0 Å². The highest BCUT2D eigenvalue weighted by Crippen LogP contribution is 2.17. The summed E-state index contributed by atoms with van der Waals surface area (Å²) in [5.74, 6) is 6.28. The first-order valence-corrected chi connectivity index (χ1v) is 3.95. The molecule has 0 aromatic carbocycles. The third-order valence-corrected chi connectivity index (χ3v) is 1.59. The lowest BCUT2D eigenvalue weighted by atomic mass is 10.1. The van der Waals surface area contributed by atoms with E-state index in [4.69, 9.17) is 4.42 Å². The first-order chi connectivity index (χ1) is 5.84. The second-order valence-electron chi connectivity index (χ2n) is 2.50. The lowest BCUT2D eigenvalue weighted by Crippen LogP contribution is -1.93. The van der Waals surface area contributed by atoms with Crippen LogP contribution in [0.5, 0.6) is 0 Å². The van der Waals surface area contributed by atoms with Crippen molar-refractivity contribution >= 4 is 0 Å². The molecule has 64 valence electrons. The molecule has 1 atom stereocenters. The van der Waals surface area contributed by atoms with Crippen LogP contribution in [0.25, 0.3) is 0 Å². The van der Waals surface area contributed by atoms with E-state index in [2.05, 4.69) is 11.8 Å². The molecule has 12 heavy (non-hydrogen) atoms. The Hall–Kier alpha value is -1.20. The van der Waals surface area contributed by atoms with E-state index in [-0.39, 0.29) is 0 Å². The summed E-state index contributed by atoms with van der Waals surface area (Å²) in [5.41, 5.74) is 0. The van der Waals surface area contributed by atoms with Crippen molar-refractivity contribution in [1.82, 2.24) is 0 Å². The monoisotopic (exact) mass is 164 g/mol. The highest BCUT2D eigenvalue weighted by molar-refractivity contribution is 5.03. The molecular formula is C10H12O2. The zero-order valence-electron chi connectivity index (χ0n) is 7.08. The SMILES string of the molecule is CC#CCCC(O)c1ccco1. The standard InChI is InChI=1S/C10H12O2/c1-2-3-4-6-9(11)10-7-5-8-12-10/h5,7-9,11H,4,6H2,1H3. The molecule has 2 heteroatoms. The lowest BCUT2D eigenvalue weighted by molar-refractivity contribution is 0.142. The molecule has 0 amide bonds. The zero-order valence-corrected chi connectivity index (χ0v) is 7.08. The van der Waals surface area contributed by atoms with E-state index in [1.54, 1.807) is 25.3 Å². The topological polar surface area (TPSA) is 33.4 Å². The Morgan fingerprint density at radius 1 is 1.67 bits per heavy atom. The maximum atomic E-state index is 9.47. The van der Waals surface area contributed by atoms with Gasteiger partial charge in [0.15, 0.2) is 0 Å². The number of hydrogen-bond donors (Lipinski definition) is 1. The molecule has 0 saturated carbocycles. The molecule has 2 nitrogen and oxygen atoms in total. The van der Waals surface area contributed by atoms with Crippen LogP contribution in [0.1, 0.15) is 31.6 Å². The van der Waals surface area contributed by atoms with Crippen molar-refractivity contribution in [2.45, 2.75) is 25.9 Å². The van der Waals surface area contributed by atoms with Crippen molar-refractivity contribution in [3.8, 4) is 11.8 Å². The summed E-state index contributed by atoms with van der Waals surface area (Å²) in [7, 11) is 0. The van der Waals surface area contributed by atoms with E-state index in [0.29, 0.717) is 18.6 Å². The summed E-state index contributed by atoms with van der Waals surface area (Å²) in [5, 5.41) is 9.47. The summed E-state index contributed by atoms with van der Waals surface area (Å²) in [6.07, 6.45) is 2.39. The second-order valence-corrected chi connectivity index (χ2v) is 2.50. The quantitative estimate of drug-likeness (QED) is 0.694. The molecule has 0 saturated heterocycles. The van der Waals surface area contributed by atoms with Crippen LogP contribution >= 0.6 is 0 Å². The van der Waals surface area contributed by atoms with E-state index in [1.165, 1.54) is 0 Å². The largest absolute Gasteiger partial charge is 0.467 e. The summed E-state index contributed by atoms with van der Waals surface area (Å²) < 4.78 is 5.03. The predicted molar refractivity (Wildman–Crippen MR) is 46.4 cm³/mol. The van der Waals surface area contributed by atoms with Gasteiger partial charge >= 0.3 is 0 Å². The predicted octanol–water partition coefficient (Wildman–Crippen LogP) is 2.12. The lowest BCUT2D eigenvalue weighted by Gasteiger charge is -2.03. The van der Waals surface area contributed by atoms with Crippen molar-refractivity contribution < 1.29 is 9.52 Å². The smallest absolute Gasteiger partial charge is 0.132 e. The van der Waals surface area contributed by atoms with Gasteiger partial charge in [-0.05, 0) is 25.5 Å². The van der Waals surface area contributed by atoms with Crippen LogP contribution in [0, 0.1) is 11.8 Å². The molecule has 0 radical (unpaired) electrons. The van der Waals surface area contributed by atoms with Crippen LogP contribution in [0.4, 0.5) is 0 Å². The zero-order chi connectivity index (χ0) is 8.81. The molecule has 0 aliphatic carbocycles. The van der Waals surface area contributed by atoms with Crippen LogP contribution in [0.2, 0.25) is 0 Å². The normalized spacial score (nSPS) is 11.8.